The average molecular weight is 272 g/mol. The van der Waals surface area contributed by atoms with Gasteiger partial charge in [-0.2, -0.15) is 0 Å². The van der Waals surface area contributed by atoms with Crippen molar-refractivity contribution in [3.8, 4) is 11.3 Å². The Bertz CT molecular complexity index is 762. The SMILES string of the molecule is NC(=O)c1cc2ccc(-c3ccc(Cl)cc3)nc2[nH]1. The Hall–Kier alpha value is -2.33. The molecule has 2 aromatic heterocycles. The zero-order chi connectivity index (χ0) is 13.4. The van der Waals surface area contributed by atoms with Gasteiger partial charge in [-0.25, -0.2) is 4.98 Å². The van der Waals surface area contributed by atoms with Gasteiger partial charge >= 0.3 is 0 Å². The van der Waals surface area contributed by atoms with Crippen LogP contribution in [0.2, 0.25) is 5.02 Å². The van der Waals surface area contributed by atoms with Crippen molar-refractivity contribution in [3.05, 3.63) is 53.2 Å². The second-order valence-corrected chi connectivity index (χ2v) is 4.62. The van der Waals surface area contributed by atoms with E-state index in [0.29, 0.717) is 16.4 Å². The molecule has 3 N–H and O–H groups in total. The molecule has 0 saturated heterocycles. The number of carbonyl (C=O) groups excluding carboxylic acids is 1. The van der Waals surface area contributed by atoms with Crippen molar-refractivity contribution in [2.45, 2.75) is 0 Å². The van der Waals surface area contributed by atoms with Gasteiger partial charge in [0, 0.05) is 16.0 Å². The van der Waals surface area contributed by atoms with Crippen LogP contribution in [-0.4, -0.2) is 15.9 Å². The number of H-pyrrole nitrogens is 1. The number of halogens is 1. The molecule has 0 bridgehead atoms. The molecular formula is C14H10ClN3O. The maximum atomic E-state index is 11.1. The number of amides is 1. The van der Waals surface area contributed by atoms with Gasteiger partial charge in [0.15, 0.2) is 0 Å². The highest BCUT2D eigenvalue weighted by Crippen LogP contribution is 2.22. The predicted molar refractivity (Wildman–Crippen MR) is 75.1 cm³/mol. The Morgan fingerprint density at radius 2 is 1.89 bits per heavy atom. The van der Waals surface area contributed by atoms with E-state index in [9.17, 15) is 4.79 Å². The third-order valence-electron chi connectivity index (χ3n) is 2.88. The van der Waals surface area contributed by atoms with Crippen LogP contribution in [0.15, 0.2) is 42.5 Å². The molecule has 0 radical (unpaired) electrons. The molecule has 0 fully saturated rings. The van der Waals surface area contributed by atoms with Crippen LogP contribution < -0.4 is 5.73 Å². The van der Waals surface area contributed by atoms with Gasteiger partial charge in [0.1, 0.15) is 11.3 Å². The molecule has 1 aromatic carbocycles. The zero-order valence-electron chi connectivity index (χ0n) is 9.85. The van der Waals surface area contributed by atoms with Crippen LogP contribution in [0.25, 0.3) is 22.3 Å². The molecule has 0 unspecified atom stereocenters. The number of rotatable bonds is 2. The first-order chi connectivity index (χ1) is 9.13. The molecule has 1 amide bonds. The number of fused-ring (bicyclic) bond motifs is 1. The highest BCUT2D eigenvalue weighted by atomic mass is 35.5. The fourth-order valence-electron chi connectivity index (χ4n) is 1.92. The van der Waals surface area contributed by atoms with Crippen LogP contribution in [0.3, 0.4) is 0 Å². The standard InChI is InChI=1S/C14H10ClN3O/c15-10-4-1-8(2-5-10)11-6-3-9-7-12(13(16)19)18-14(9)17-11/h1-7H,(H2,16,19)(H,17,18). The Morgan fingerprint density at radius 1 is 1.16 bits per heavy atom. The third-order valence-corrected chi connectivity index (χ3v) is 3.14. The summed E-state index contributed by atoms with van der Waals surface area (Å²) in [7, 11) is 0. The van der Waals surface area contributed by atoms with Crippen LogP contribution in [0.4, 0.5) is 0 Å². The molecule has 0 aliphatic heterocycles. The summed E-state index contributed by atoms with van der Waals surface area (Å²) in [6, 6.07) is 12.9. The monoisotopic (exact) mass is 271 g/mol. The highest BCUT2D eigenvalue weighted by molar-refractivity contribution is 6.30. The summed E-state index contributed by atoms with van der Waals surface area (Å²) in [6.07, 6.45) is 0. The van der Waals surface area contributed by atoms with E-state index >= 15 is 0 Å². The van der Waals surface area contributed by atoms with E-state index in [0.717, 1.165) is 16.6 Å². The normalized spacial score (nSPS) is 10.8. The fourth-order valence-corrected chi connectivity index (χ4v) is 2.05. The van der Waals surface area contributed by atoms with E-state index in [-0.39, 0.29) is 0 Å². The number of aromatic amines is 1. The molecule has 19 heavy (non-hydrogen) atoms. The van der Waals surface area contributed by atoms with Gasteiger partial charge in [-0.1, -0.05) is 23.7 Å². The van der Waals surface area contributed by atoms with E-state index in [1.807, 2.05) is 36.4 Å². The van der Waals surface area contributed by atoms with Gasteiger partial charge in [-0.15, -0.1) is 0 Å². The van der Waals surface area contributed by atoms with Gasteiger partial charge in [0.05, 0.1) is 5.69 Å². The number of aromatic nitrogens is 2. The van der Waals surface area contributed by atoms with E-state index in [1.165, 1.54) is 0 Å². The molecule has 0 aliphatic rings. The summed E-state index contributed by atoms with van der Waals surface area (Å²) in [5, 5.41) is 1.53. The first-order valence-electron chi connectivity index (χ1n) is 5.69. The Balaban J connectivity index is 2.10. The fraction of sp³-hybridized carbons (Fsp3) is 0. The summed E-state index contributed by atoms with van der Waals surface area (Å²) in [6.45, 7) is 0. The van der Waals surface area contributed by atoms with E-state index in [1.54, 1.807) is 6.07 Å². The maximum absolute atomic E-state index is 11.1. The molecule has 0 atom stereocenters. The van der Waals surface area contributed by atoms with Gasteiger partial charge < -0.3 is 10.7 Å². The molecule has 3 aromatic rings. The Kier molecular flexibility index (Phi) is 2.72. The number of hydrogen-bond donors (Lipinski definition) is 2. The Labute approximate surface area is 114 Å². The first-order valence-corrected chi connectivity index (χ1v) is 6.07. The van der Waals surface area contributed by atoms with Crippen LogP contribution in [-0.2, 0) is 0 Å². The maximum Gasteiger partial charge on any atom is 0.265 e. The van der Waals surface area contributed by atoms with Crippen LogP contribution in [0.1, 0.15) is 10.5 Å². The van der Waals surface area contributed by atoms with Gasteiger partial charge in [-0.3, -0.25) is 4.79 Å². The number of nitrogens with zero attached hydrogens (tertiary/aromatic N) is 1. The quantitative estimate of drug-likeness (QED) is 0.752. The molecule has 4 nitrogen and oxygen atoms in total. The van der Waals surface area contributed by atoms with Crippen molar-refractivity contribution in [1.29, 1.82) is 0 Å². The second-order valence-electron chi connectivity index (χ2n) is 4.19. The van der Waals surface area contributed by atoms with E-state index in [4.69, 9.17) is 17.3 Å². The molecule has 0 spiro atoms. The van der Waals surface area contributed by atoms with Crippen molar-refractivity contribution >= 4 is 28.5 Å². The van der Waals surface area contributed by atoms with Crippen molar-refractivity contribution in [2.75, 3.05) is 0 Å². The molecule has 2 heterocycles. The predicted octanol–water partition coefficient (Wildman–Crippen LogP) is 2.98. The molecule has 94 valence electrons. The summed E-state index contributed by atoms with van der Waals surface area (Å²) < 4.78 is 0. The molecule has 3 rings (SSSR count). The summed E-state index contributed by atoms with van der Waals surface area (Å²) >= 11 is 5.85. The second kappa shape index (κ2) is 4.40. The van der Waals surface area contributed by atoms with Crippen molar-refractivity contribution in [3.63, 3.8) is 0 Å². The summed E-state index contributed by atoms with van der Waals surface area (Å²) in [5.74, 6) is -0.494. The van der Waals surface area contributed by atoms with E-state index < -0.39 is 5.91 Å². The van der Waals surface area contributed by atoms with E-state index in [2.05, 4.69) is 9.97 Å². The highest BCUT2D eigenvalue weighted by Gasteiger charge is 2.08. The van der Waals surface area contributed by atoms with Crippen LogP contribution >= 0.6 is 11.6 Å². The van der Waals surface area contributed by atoms with Gasteiger partial charge in [-0.05, 0) is 30.3 Å². The van der Waals surface area contributed by atoms with Gasteiger partial charge in [0.25, 0.3) is 5.91 Å². The van der Waals surface area contributed by atoms with Crippen molar-refractivity contribution in [2.24, 2.45) is 5.73 Å². The van der Waals surface area contributed by atoms with Crippen molar-refractivity contribution in [1.82, 2.24) is 9.97 Å². The minimum absolute atomic E-state index is 0.357. The molecule has 5 heteroatoms. The number of nitrogens with one attached hydrogen (secondary N) is 1. The number of hydrogen-bond acceptors (Lipinski definition) is 2. The van der Waals surface area contributed by atoms with Crippen LogP contribution in [0.5, 0.6) is 0 Å². The largest absolute Gasteiger partial charge is 0.364 e. The zero-order valence-corrected chi connectivity index (χ0v) is 10.6. The lowest BCUT2D eigenvalue weighted by Crippen LogP contribution is -2.10. The topological polar surface area (TPSA) is 71.8 Å². The summed E-state index contributed by atoms with van der Waals surface area (Å²) in [5.41, 5.74) is 8.00. The first kappa shape index (κ1) is 11.7. The lowest BCUT2D eigenvalue weighted by molar-refractivity contribution is 0.0996. The Morgan fingerprint density at radius 3 is 2.58 bits per heavy atom. The average Bonchev–Trinajstić information content (AvgIpc) is 2.82. The van der Waals surface area contributed by atoms with Crippen LogP contribution in [0, 0.1) is 0 Å². The van der Waals surface area contributed by atoms with Crippen molar-refractivity contribution < 1.29 is 4.79 Å². The number of carbonyl (C=O) groups is 1. The lowest BCUT2D eigenvalue weighted by atomic mass is 10.1. The molecule has 0 saturated carbocycles. The third kappa shape index (κ3) is 2.18. The smallest absolute Gasteiger partial charge is 0.265 e. The molecular weight excluding hydrogens is 262 g/mol. The number of nitrogens with two attached hydrogens (primary N) is 1. The lowest BCUT2D eigenvalue weighted by Gasteiger charge is -2.00. The molecule has 0 aliphatic carbocycles. The number of benzene rings is 1. The summed E-state index contributed by atoms with van der Waals surface area (Å²) in [4.78, 5) is 18.5. The van der Waals surface area contributed by atoms with Gasteiger partial charge in [0.2, 0.25) is 0 Å². The number of pyridine rings is 1. The minimum Gasteiger partial charge on any atom is -0.364 e. The number of primary amides is 1. The minimum atomic E-state index is -0.494.